The van der Waals surface area contributed by atoms with Crippen LogP contribution in [0.1, 0.15) is 79.5 Å². The number of allylic oxidation sites excluding steroid dienone is 2. The van der Waals surface area contributed by atoms with Gasteiger partial charge in [0.15, 0.2) is 0 Å². The summed E-state index contributed by atoms with van der Waals surface area (Å²) >= 11 is 6.79. The predicted molar refractivity (Wildman–Crippen MR) is 233 cm³/mol. The summed E-state index contributed by atoms with van der Waals surface area (Å²) in [5.74, 6) is -9.96. The molecule has 4 aliphatic rings. The molecule has 5 atom stereocenters. The molecular formula is C45H41ClF6N8O5S. The SMILES string of the molecule is CN1N=C(NS(C)(=O)=O)C2C(Cl)=CC=C(n3c([C@H](Cc4cc(F)cc(F)c4)NC(=O)Cn4nc(C(F)F)c5c4C(F)(F)[C@@H]4C[C@H]54)nc4cc(-c5ccc(C(C)(C)O)cc5)ccc4c3=O)C21C. The summed E-state index contributed by atoms with van der Waals surface area (Å²) in [6.45, 7) is 3.92. The largest absolute Gasteiger partial charge is 0.386 e. The number of halogens is 7. The van der Waals surface area contributed by atoms with Crippen LogP contribution in [-0.2, 0) is 39.3 Å². The fourth-order valence-corrected chi connectivity index (χ4v) is 10.4. The molecular weight excluding hydrogens is 914 g/mol. The molecule has 2 aromatic heterocycles. The second-order valence-electron chi connectivity index (χ2n) is 17.8. The number of rotatable bonds is 11. The van der Waals surface area contributed by atoms with Gasteiger partial charge in [-0.1, -0.05) is 41.9 Å². The van der Waals surface area contributed by atoms with Gasteiger partial charge in [0.25, 0.3) is 17.9 Å². The number of amides is 1. The first-order valence-electron chi connectivity index (χ1n) is 20.7. The molecule has 346 valence electrons. The van der Waals surface area contributed by atoms with Crippen molar-refractivity contribution in [3.8, 4) is 11.1 Å². The Morgan fingerprint density at radius 2 is 1.70 bits per heavy atom. The first-order chi connectivity index (χ1) is 30.9. The van der Waals surface area contributed by atoms with Gasteiger partial charge in [-0.15, -0.1) is 0 Å². The van der Waals surface area contributed by atoms with Crippen LogP contribution in [0.2, 0.25) is 0 Å². The zero-order valence-electron chi connectivity index (χ0n) is 35.8. The lowest BCUT2D eigenvalue weighted by molar-refractivity contribution is -0.123. The van der Waals surface area contributed by atoms with Crippen molar-refractivity contribution < 1.29 is 44.7 Å². The van der Waals surface area contributed by atoms with Crippen LogP contribution in [0.5, 0.6) is 0 Å². The highest BCUT2D eigenvalue weighted by Crippen LogP contribution is 2.68. The van der Waals surface area contributed by atoms with Crippen molar-refractivity contribution >= 4 is 50.0 Å². The van der Waals surface area contributed by atoms with E-state index in [9.17, 15) is 35.9 Å². The number of alkyl halides is 4. The monoisotopic (exact) mass is 954 g/mol. The van der Waals surface area contributed by atoms with Crippen LogP contribution in [0, 0.1) is 23.5 Å². The van der Waals surface area contributed by atoms with Gasteiger partial charge in [-0.2, -0.15) is 19.0 Å². The quantitative estimate of drug-likeness (QED) is 0.117. The van der Waals surface area contributed by atoms with Crippen LogP contribution in [-0.4, -0.2) is 68.4 Å². The lowest BCUT2D eigenvalue weighted by atomic mass is 9.78. The van der Waals surface area contributed by atoms with Crippen LogP contribution >= 0.6 is 11.6 Å². The molecule has 0 spiro atoms. The van der Waals surface area contributed by atoms with E-state index in [4.69, 9.17) is 16.6 Å². The Hall–Kier alpha value is -5.99. The van der Waals surface area contributed by atoms with Gasteiger partial charge >= 0.3 is 0 Å². The topological polar surface area (TPSA) is 164 Å². The maximum absolute atomic E-state index is 15.6. The fourth-order valence-electron chi connectivity index (χ4n) is 9.53. The maximum atomic E-state index is 15.6. The third kappa shape index (κ3) is 7.65. The molecule has 0 bridgehead atoms. The van der Waals surface area contributed by atoms with Gasteiger partial charge in [0, 0.05) is 36.0 Å². The minimum atomic E-state index is -3.92. The average molecular weight is 955 g/mol. The average Bonchev–Trinajstić information content (AvgIpc) is 3.79. The number of amidine groups is 1. The first kappa shape index (κ1) is 45.2. The zero-order chi connectivity index (χ0) is 47.6. The van der Waals surface area contributed by atoms with Crippen molar-refractivity contribution in [3.63, 3.8) is 0 Å². The number of aromatic nitrogens is 4. The lowest BCUT2D eigenvalue weighted by Gasteiger charge is -2.41. The number of likely N-dealkylation sites (N-methyl/N-ethyl adjacent to an activating group) is 1. The maximum Gasteiger partial charge on any atom is 0.293 e. The van der Waals surface area contributed by atoms with Gasteiger partial charge < -0.3 is 10.4 Å². The molecule has 5 aromatic rings. The molecule has 0 radical (unpaired) electrons. The predicted octanol–water partition coefficient (Wildman–Crippen LogP) is 7.17. The van der Waals surface area contributed by atoms with Crippen molar-refractivity contribution in [2.45, 2.75) is 75.6 Å². The van der Waals surface area contributed by atoms with E-state index in [1.165, 1.54) is 30.3 Å². The Bertz CT molecular complexity index is 3130. The Labute approximate surface area is 378 Å². The molecule has 1 amide bonds. The number of nitrogens with one attached hydrogen (secondary N) is 2. The Balaban J connectivity index is 1.23. The molecule has 3 aliphatic carbocycles. The highest BCUT2D eigenvalue weighted by atomic mass is 35.5. The van der Waals surface area contributed by atoms with Gasteiger partial charge in [0.1, 0.15) is 46.8 Å². The summed E-state index contributed by atoms with van der Waals surface area (Å²) in [6, 6.07) is 12.9. The van der Waals surface area contributed by atoms with E-state index in [-0.39, 0.29) is 50.8 Å². The molecule has 1 saturated carbocycles. The first-order valence-corrected chi connectivity index (χ1v) is 22.9. The number of carbonyl (C=O) groups excluding carboxylic acids is 1. The summed E-state index contributed by atoms with van der Waals surface area (Å²) < 4.78 is 119. The van der Waals surface area contributed by atoms with E-state index >= 15 is 13.6 Å². The number of sulfonamides is 1. The number of hydrogen-bond donors (Lipinski definition) is 3. The molecule has 13 nitrogen and oxygen atoms in total. The highest BCUT2D eigenvalue weighted by Gasteiger charge is 2.67. The fraction of sp³-hybridized carbons (Fsp3) is 0.356. The molecule has 21 heteroatoms. The summed E-state index contributed by atoms with van der Waals surface area (Å²) in [4.78, 5) is 34.5. The van der Waals surface area contributed by atoms with Gasteiger partial charge in [0.2, 0.25) is 15.9 Å². The third-order valence-corrected chi connectivity index (χ3v) is 13.7. The highest BCUT2D eigenvalue weighted by molar-refractivity contribution is 7.89. The van der Waals surface area contributed by atoms with Crippen molar-refractivity contribution in [1.82, 2.24) is 34.4 Å². The van der Waals surface area contributed by atoms with Crippen LogP contribution in [0.15, 0.2) is 87.7 Å². The number of hydrogen-bond acceptors (Lipinski definition) is 9. The van der Waals surface area contributed by atoms with Crippen molar-refractivity contribution in [1.29, 1.82) is 0 Å². The Morgan fingerprint density at radius 1 is 1.03 bits per heavy atom. The molecule has 9 rings (SSSR count). The normalized spacial score (nSPS) is 22.4. The van der Waals surface area contributed by atoms with E-state index in [1.807, 2.05) is 0 Å². The second-order valence-corrected chi connectivity index (χ2v) is 20.0. The summed E-state index contributed by atoms with van der Waals surface area (Å²) in [7, 11) is -2.40. The third-order valence-electron chi connectivity index (χ3n) is 12.8. The van der Waals surface area contributed by atoms with Gasteiger partial charge in [-0.05, 0) is 91.8 Å². The zero-order valence-corrected chi connectivity index (χ0v) is 37.3. The molecule has 66 heavy (non-hydrogen) atoms. The van der Waals surface area contributed by atoms with E-state index in [0.717, 1.165) is 23.0 Å². The lowest BCUT2D eigenvalue weighted by Crippen LogP contribution is -2.52. The van der Waals surface area contributed by atoms with Crippen molar-refractivity contribution in [2.75, 3.05) is 13.3 Å². The summed E-state index contributed by atoms with van der Waals surface area (Å²) in [6.07, 6.45) is 0.155. The molecule has 1 fully saturated rings. The van der Waals surface area contributed by atoms with Crippen LogP contribution in [0.3, 0.4) is 0 Å². The van der Waals surface area contributed by atoms with E-state index in [2.05, 4.69) is 20.2 Å². The number of benzene rings is 3. The van der Waals surface area contributed by atoms with E-state index < -0.39 is 105 Å². The molecule has 1 aliphatic heterocycles. The second kappa shape index (κ2) is 15.5. The molecule has 3 N–H and O–H groups in total. The summed E-state index contributed by atoms with van der Waals surface area (Å²) in [5.41, 5.74) is -3.21. The van der Waals surface area contributed by atoms with Crippen LogP contribution < -0.4 is 15.6 Å². The van der Waals surface area contributed by atoms with Crippen LogP contribution in [0.25, 0.3) is 27.7 Å². The smallest absolute Gasteiger partial charge is 0.293 e. The van der Waals surface area contributed by atoms with Crippen molar-refractivity contribution in [2.24, 2.45) is 16.9 Å². The van der Waals surface area contributed by atoms with E-state index in [0.29, 0.717) is 27.4 Å². The van der Waals surface area contributed by atoms with E-state index in [1.54, 1.807) is 57.2 Å². The summed E-state index contributed by atoms with van der Waals surface area (Å²) in [5, 5.41) is 23.1. The Morgan fingerprint density at radius 3 is 2.33 bits per heavy atom. The minimum Gasteiger partial charge on any atom is -0.386 e. The van der Waals surface area contributed by atoms with Crippen molar-refractivity contribution in [3.05, 3.63) is 134 Å². The van der Waals surface area contributed by atoms with Gasteiger partial charge in [0.05, 0.1) is 40.4 Å². The Kier molecular flexibility index (Phi) is 10.6. The number of fused-ring (bicyclic) bond motifs is 5. The van der Waals surface area contributed by atoms with Gasteiger partial charge in [-0.25, -0.2) is 31.0 Å². The number of nitrogens with zero attached hydrogens (tertiary/aromatic N) is 6. The number of carbonyl (C=O) groups is 1. The van der Waals surface area contributed by atoms with Gasteiger partial charge in [-0.3, -0.25) is 28.6 Å². The molecule has 0 saturated heterocycles. The minimum absolute atomic E-state index is 0.00896. The number of hydrazone groups is 1. The molecule has 3 heterocycles. The standard InChI is InChI=1S/C45H41ClF6N8O5S/c1-43(2,63)24-9-6-22(7-10-24)23-8-11-27-31(17-23)54-41(60(42(27)62)33-13-12-30(46)36-40(57-66(5,64)65)56-58(4)44(33,36)3)32(16-21-14-25(47)18-26(48)15-21)53-34(61)20-59-38-35(37(55-59)39(49)50)28-19-29(28)45(38,51)52/h6-15,17-18,28-29,32,36,39,63H,16,19-20H2,1-5H3,(H,53,61)(H,56,57)/t28-,29+,32-,36?,44?/m0/s1. The van der Waals surface area contributed by atoms with Crippen LogP contribution in [0.4, 0.5) is 26.3 Å². The number of aliphatic hydroxyl groups is 1. The molecule has 2 unspecified atom stereocenters. The molecule has 3 aromatic carbocycles.